The Morgan fingerprint density at radius 3 is 2.78 bits per heavy atom. The molecule has 1 amide bonds. The molecule has 2 aromatic rings. The third kappa shape index (κ3) is 3.01. The SMILES string of the molecule is Cc1cc(C(=O)N2CCOC(C)(C)C2)c(C)n1-c1cccnc1. The second-order valence-corrected chi connectivity index (χ2v) is 6.67. The van der Waals surface area contributed by atoms with E-state index in [2.05, 4.69) is 9.55 Å². The highest BCUT2D eigenvalue weighted by Crippen LogP contribution is 2.24. The number of ether oxygens (including phenoxy) is 1. The largest absolute Gasteiger partial charge is 0.372 e. The van der Waals surface area contributed by atoms with Crippen molar-refractivity contribution in [1.82, 2.24) is 14.5 Å². The summed E-state index contributed by atoms with van der Waals surface area (Å²) in [5, 5.41) is 0. The molecule has 1 fully saturated rings. The molecule has 3 heterocycles. The number of amides is 1. The molecule has 2 aromatic heterocycles. The number of hydrogen-bond acceptors (Lipinski definition) is 3. The van der Waals surface area contributed by atoms with Gasteiger partial charge in [0.1, 0.15) is 0 Å². The zero-order valence-electron chi connectivity index (χ0n) is 14.2. The number of pyridine rings is 1. The van der Waals surface area contributed by atoms with Crippen LogP contribution in [-0.2, 0) is 4.74 Å². The second-order valence-electron chi connectivity index (χ2n) is 6.67. The molecule has 0 N–H and O–H groups in total. The predicted octanol–water partition coefficient (Wildman–Crippen LogP) is 2.74. The van der Waals surface area contributed by atoms with E-state index in [1.54, 1.807) is 6.20 Å². The number of morpholine rings is 1. The van der Waals surface area contributed by atoms with Crippen LogP contribution in [-0.4, -0.2) is 45.7 Å². The Bertz CT molecular complexity index is 719. The predicted molar refractivity (Wildman–Crippen MR) is 89.0 cm³/mol. The fourth-order valence-electron chi connectivity index (χ4n) is 3.22. The maximum absolute atomic E-state index is 12.9. The maximum atomic E-state index is 12.9. The molecule has 23 heavy (non-hydrogen) atoms. The highest BCUT2D eigenvalue weighted by Gasteiger charge is 2.31. The number of nitrogens with zero attached hydrogens (tertiary/aromatic N) is 3. The molecule has 3 rings (SSSR count). The zero-order chi connectivity index (χ0) is 16.6. The van der Waals surface area contributed by atoms with Gasteiger partial charge in [-0.1, -0.05) is 0 Å². The van der Waals surface area contributed by atoms with Crippen LogP contribution in [0.25, 0.3) is 5.69 Å². The van der Waals surface area contributed by atoms with Crippen LogP contribution in [0.4, 0.5) is 0 Å². The first-order valence-electron chi connectivity index (χ1n) is 7.92. The number of rotatable bonds is 2. The van der Waals surface area contributed by atoms with Crippen molar-refractivity contribution in [3.05, 3.63) is 47.5 Å². The molecule has 0 saturated carbocycles. The molecule has 5 nitrogen and oxygen atoms in total. The Hall–Kier alpha value is -2.14. The van der Waals surface area contributed by atoms with Crippen LogP contribution in [0, 0.1) is 13.8 Å². The van der Waals surface area contributed by atoms with Crippen molar-refractivity contribution in [2.75, 3.05) is 19.7 Å². The van der Waals surface area contributed by atoms with Gasteiger partial charge in [-0.2, -0.15) is 0 Å². The quantitative estimate of drug-likeness (QED) is 0.856. The normalized spacial score (nSPS) is 17.3. The average Bonchev–Trinajstić information content (AvgIpc) is 2.81. The molecule has 0 unspecified atom stereocenters. The highest BCUT2D eigenvalue weighted by atomic mass is 16.5. The van der Waals surface area contributed by atoms with Gasteiger partial charge in [0.15, 0.2) is 0 Å². The summed E-state index contributed by atoms with van der Waals surface area (Å²) in [5.41, 5.74) is 3.42. The summed E-state index contributed by atoms with van der Waals surface area (Å²) in [5.74, 6) is 0.0737. The van der Waals surface area contributed by atoms with Gasteiger partial charge in [0.05, 0.1) is 29.7 Å². The Morgan fingerprint density at radius 2 is 2.13 bits per heavy atom. The van der Waals surface area contributed by atoms with Gasteiger partial charge in [-0.3, -0.25) is 9.78 Å². The van der Waals surface area contributed by atoms with Crippen molar-refractivity contribution < 1.29 is 9.53 Å². The number of aryl methyl sites for hydroxylation is 1. The summed E-state index contributed by atoms with van der Waals surface area (Å²) in [6.07, 6.45) is 3.56. The first kappa shape index (κ1) is 15.7. The van der Waals surface area contributed by atoms with Crippen molar-refractivity contribution in [2.24, 2.45) is 0 Å². The van der Waals surface area contributed by atoms with Gasteiger partial charge in [0.25, 0.3) is 5.91 Å². The van der Waals surface area contributed by atoms with Gasteiger partial charge in [0.2, 0.25) is 0 Å². The number of carbonyl (C=O) groups is 1. The van der Waals surface area contributed by atoms with Crippen molar-refractivity contribution >= 4 is 5.91 Å². The van der Waals surface area contributed by atoms with Gasteiger partial charge >= 0.3 is 0 Å². The van der Waals surface area contributed by atoms with Crippen LogP contribution >= 0.6 is 0 Å². The van der Waals surface area contributed by atoms with E-state index in [4.69, 9.17) is 4.74 Å². The van der Waals surface area contributed by atoms with Crippen LogP contribution in [0.15, 0.2) is 30.6 Å². The Balaban J connectivity index is 1.94. The van der Waals surface area contributed by atoms with Crippen molar-refractivity contribution in [3.63, 3.8) is 0 Å². The molecule has 0 spiro atoms. The molecule has 0 radical (unpaired) electrons. The standard InChI is InChI=1S/C18H23N3O2/c1-13-10-16(14(2)21(13)15-6-5-7-19-11-15)17(22)20-8-9-23-18(3,4)12-20/h5-7,10-11H,8-9,12H2,1-4H3. The summed E-state index contributed by atoms with van der Waals surface area (Å²) < 4.78 is 7.78. The Labute approximate surface area is 136 Å². The summed E-state index contributed by atoms with van der Waals surface area (Å²) in [4.78, 5) is 19.0. The summed E-state index contributed by atoms with van der Waals surface area (Å²) in [6, 6.07) is 5.87. The number of hydrogen-bond donors (Lipinski definition) is 0. The van der Waals surface area contributed by atoms with E-state index in [-0.39, 0.29) is 11.5 Å². The van der Waals surface area contributed by atoms with E-state index in [1.807, 2.05) is 57.0 Å². The fraction of sp³-hybridized carbons (Fsp3) is 0.444. The summed E-state index contributed by atoms with van der Waals surface area (Å²) in [7, 11) is 0. The Morgan fingerprint density at radius 1 is 1.35 bits per heavy atom. The van der Waals surface area contributed by atoms with Crippen LogP contribution in [0.5, 0.6) is 0 Å². The van der Waals surface area contributed by atoms with Crippen molar-refractivity contribution in [3.8, 4) is 5.69 Å². The summed E-state index contributed by atoms with van der Waals surface area (Å²) in [6.45, 7) is 9.87. The van der Waals surface area contributed by atoms with Crippen molar-refractivity contribution in [1.29, 1.82) is 0 Å². The van der Waals surface area contributed by atoms with E-state index in [0.717, 1.165) is 22.6 Å². The van der Waals surface area contributed by atoms with Gasteiger partial charge < -0.3 is 14.2 Å². The minimum Gasteiger partial charge on any atom is -0.372 e. The van der Waals surface area contributed by atoms with E-state index < -0.39 is 0 Å². The lowest BCUT2D eigenvalue weighted by atomic mass is 10.1. The smallest absolute Gasteiger partial charge is 0.255 e. The van der Waals surface area contributed by atoms with Crippen LogP contribution < -0.4 is 0 Å². The number of aromatic nitrogens is 2. The maximum Gasteiger partial charge on any atom is 0.255 e. The molecule has 5 heteroatoms. The number of carbonyl (C=O) groups excluding carboxylic acids is 1. The summed E-state index contributed by atoms with van der Waals surface area (Å²) >= 11 is 0. The van der Waals surface area contributed by atoms with E-state index in [9.17, 15) is 4.79 Å². The van der Waals surface area contributed by atoms with Crippen molar-refractivity contribution in [2.45, 2.75) is 33.3 Å². The van der Waals surface area contributed by atoms with Crippen LogP contribution in [0.1, 0.15) is 35.6 Å². The molecule has 0 aromatic carbocycles. The third-order valence-electron chi connectivity index (χ3n) is 4.28. The van der Waals surface area contributed by atoms with E-state index >= 15 is 0 Å². The topological polar surface area (TPSA) is 47.4 Å². The minimum absolute atomic E-state index is 0.0737. The van der Waals surface area contributed by atoms with Gasteiger partial charge in [-0.15, -0.1) is 0 Å². The minimum atomic E-state index is -0.289. The molecule has 1 aliphatic rings. The molecule has 0 atom stereocenters. The van der Waals surface area contributed by atoms with Gasteiger partial charge in [-0.25, -0.2) is 0 Å². The second kappa shape index (κ2) is 5.81. The zero-order valence-corrected chi connectivity index (χ0v) is 14.2. The van der Waals surface area contributed by atoms with E-state index in [1.165, 1.54) is 0 Å². The van der Waals surface area contributed by atoms with Gasteiger partial charge in [0, 0.05) is 30.7 Å². The lowest BCUT2D eigenvalue weighted by Crippen LogP contribution is -2.50. The molecular formula is C18H23N3O2. The van der Waals surface area contributed by atoms with Gasteiger partial charge in [-0.05, 0) is 45.9 Å². The lowest BCUT2D eigenvalue weighted by molar-refractivity contribution is -0.0764. The molecule has 1 saturated heterocycles. The highest BCUT2D eigenvalue weighted by molar-refractivity contribution is 5.96. The van der Waals surface area contributed by atoms with Crippen LogP contribution in [0.3, 0.4) is 0 Å². The third-order valence-corrected chi connectivity index (χ3v) is 4.28. The molecule has 122 valence electrons. The molecule has 0 bridgehead atoms. The first-order valence-corrected chi connectivity index (χ1v) is 7.92. The molecule has 1 aliphatic heterocycles. The first-order chi connectivity index (χ1) is 10.9. The van der Waals surface area contributed by atoms with E-state index in [0.29, 0.717) is 19.7 Å². The lowest BCUT2D eigenvalue weighted by Gasteiger charge is -2.38. The molecular weight excluding hydrogens is 290 g/mol. The monoisotopic (exact) mass is 313 g/mol. The fourth-order valence-corrected chi connectivity index (χ4v) is 3.22. The average molecular weight is 313 g/mol. The molecule has 0 aliphatic carbocycles. The Kier molecular flexibility index (Phi) is 3.98. The van der Waals surface area contributed by atoms with Crippen LogP contribution in [0.2, 0.25) is 0 Å².